The fourth-order valence-corrected chi connectivity index (χ4v) is 2.35. The van der Waals surface area contributed by atoms with E-state index in [0.717, 1.165) is 0 Å². The highest BCUT2D eigenvalue weighted by atomic mass is 16.6. The number of cyclic esters (lactones) is 1. The molecule has 1 aliphatic rings. The van der Waals surface area contributed by atoms with Crippen molar-refractivity contribution in [3.63, 3.8) is 0 Å². The molecule has 124 valence electrons. The highest BCUT2D eigenvalue weighted by Crippen LogP contribution is 2.26. The van der Waals surface area contributed by atoms with Crippen molar-refractivity contribution in [3.8, 4) is 11.3 Å². The maximum absolute atomic E-state index is 12.0. The van der Waals surface area contributed by atoms with Crippen LogP contribution >= 0.6 is 0 Å². The number of benzene rings is 1. The van der Waals surface area contributed by atoms with Crippen LogP contribution in [0.15, 0.2) is 40.8 Å². The summed E-state index contributed by atoms with van der Waals surface area (Å²) < 4.78 is 15.4. The summed E-state index contributed by atoms with van der Waals surface area (Å²) in [5.74, 6) is -1.04. The van der Waals surface area contributed by atoms with Crippen LogP contribution in [0, 0.1) is 10.1 Å². The summed E-state index contributed by atoms with van der Waals surface area (Å²) >= 11 is 0. The molecule has 1 saturated heterocycles. The van der Waals surface area contributed by atoms with Gasteiger partial charge in [-0.05, 0) is 31.2 Å². The van der Waals surface area contributed by atoms with Gasteiger partial charge in [0.05, 0.1) is 4.92 Å². The third-order valence-electron chi connectivity index (χ3n) is 3.55. The first-order valence-electron chi connectivity index (χ1n) is 7.20. The zero-order valence-corrected chi connectivity index (χ0v) is 12.6. The number of esters is 2. The monoisotopic (exact) mass is 331 g/mol. The van der Waals surface area contributed by atoms with Crippen molar-refractivity contribution in [3.05, 3.63) is 52.3 Å². The van der Waals surface area contributed by atoms with Crippen molar-refractivity contribution in [2.24, 2.45) is 0 Å². The van der Waals surface area contributed by atoms with Gasteiger partial charge in [0.2, 0.25) is 11.9 Å². The van der Waals surface area contributed by atoms with Gasteiger partial charge in [0.1, 0.15) is 11.9 Å². The van der Waals surface area contributed by atoms with Crippen molar-refractivity contribution < 1.29 is 28.4 Å². The summed E-state index contributed by atoms with van der Waals surface area (Å²) in [7, 11) is 0. The smallest absolute Gasteiger partial charge is 0.375 e. The minimum absolute atomic E-state index is 0.0428. The molecule has 3 rings (SSSR count). The number of nitro benzene ring substituents is 1. The third kappa shape index (κ3) is 3.12. The van der Waals surface area contributed by atoms with Gasteiger partial charge >= 0.3 is 11.9 Å². The minimum atomic E-state index is -0.930. The average molecular weight is 331 g/mol. The summed E-state index contributed by atoms with van der Waals surface area (Å²) in [5.41, 5.74) is 0.535. The van der Waals surface area contributed by atoms with Gasteiger partial charge in [-0.15, -0.1) is 0 Å². The summed E-state index contributed by atoms with van der Waals surface area (Å²) in [6.45, 7) is 1.71. The molecule has 2 aromatic rings. The first-order chi connectivity index (χ1) is 11.4. The molecule has 0 N–H and O–H groups in total. The van der Waals surface area contributed by atoms with Gasteiger partial charge < -0.3 is 13.9 Å². The van der Waals surface area contributed by atoms with Crippen molar-refractivity contribution in [1.82, 2.24) is 0 Å². The molecule has 1 aliphatic heterocycles. The van der Waals surface area contributed by atoms with E-state index >= 15 is 0 Å². The van der Waals surface area contributed by atoms with Gasteiger partial charge in [0, 0.05) is 24.1 Å². The molecule has 8 heteroatoms. The summed E-state index contributed by atoms with van der Waals surface area (Å²) in [4.78, 5) is 33.6. The molecule has 8 nitrogen and oxygen atoms in total. The average Bonchev–Trinajstić information content (AvgIpc) is 3.15. The van der Waals surface area contributed by atoms with Gasteiger partial charge in [-0.1, -0.05) is 0 Å². The molecule has 0 amide bonds. The predicted octanol–water partition coefficient (Wildman–Crippen LogP) is 2.72. The molecule has 2 unspecified atom stereocenters. The Morgan fingerprint density at radius 2 is 1.96 bits per heavy atom. The van der Waals surface area contributed by atoms with Crippen molar-refractivity contribution in [1.29, 1.82) is 0 Å². The van der Waals surface area contributed by atoms with E-state index in [1.165, 1.54) is 30.3 Å². The molecule has 0 bridgehead atoms. The normalized spacial score (nSPS) is 19.8. The third-order valence-corrected chi connectivity index (χ3v) is 3.55. The highest BCUT2D eigenvalue weighted by Gasteiger charge is 2.35. The molecule has 2 heterocycles. The van der Waals surface area contributed by atoms with E-state index in [4.69, 9.17) is 13.9 Å². The Morgan fingerprint density at radius 1 is 1.25 bits per heavy atom. The van der Waals surface area contributed by atoms with Crippen molar-refractivity contribution >= 4 is 17.6 Å². The molecular formula is C16H13NO7. The largest absolute Gasteiger partial charge is 0.460 e. The molecule has 0 aliphatic carbocycles. The van der Waals surface area contributed by atoms with Crippen LogP contribution in [0.4, 0.5) is 5.69 Å². The first kappa shape index (κ1) is 15.7. The quantitative estimate of drug-likeness (QED) is 0.481. The number of nitro groups is 1. The van der Waals surface area contributed by atoms with Crippen LogP contribution in [-0.4, -0.2) is 29.1 Å². The number of hydrogen-bond acceptors (Lipinski definition) is 7. The number of ether oxygens (including phenoxy) is 2. The van der Waals surface area contributed by atoms with E-state index in [1.807, 2.05) is 0 Å². The first-order valence-corrected chi connectivity index (χ1v) is 7.20. The lowest BCUT2D eigenvalue weighted by atomic mass is 10.1. The zero-order valence-electron chi connectivity index (χ0n) is 12.6. The van der Waals surface area contributed by atoms with Gasteiger partial charge in [-0.2, -0.15) is 0 Å². The summed E-state index contributed by atoms with van der Waals surface area (Å²) in [5, 5.41) is 10.6. The minimum Gasteiger partial charge on any atom is -0.460 e. The van der Waals surface area contributed by atoms with Crippen LogP contribution in [0.3, 0.4) is 0 Å². The van der Waals surface area contributed by atoms with Gasteiger partial charge in [-0.3, -0.25) is 10.1 Å². The Bertz CT molecular complexity index is 793. The highest BCUT2D eigenvalue weighted by molar-refractivity contribution is 5.90. The lowest BCUT2D eigenvalue weighted by molar-refractivity contribution is -0.384. The number of carbonyl (C=O) groups excluding carboxylic acids is 2. The lowest BCUT2D eigenvalue weighted by Crippen LogP contribution is -2.22. The number of non-ortho nitro benzene ring substituents is 1. The predicted molar refractivity (Wildman–Crippen MR) is 80.2 cm³/mol. The summed E-state index contributed by atoms with van der Waals surface area (Å²) in [6.07, 6.45) is -0.913. The number of furan rings is 1. The number of hydrogen-bond donors (Lipinski definition) is 0. The van der Waals surface area contributed by atoms with Gasteiger partial charge in [0.15, 0.2) is 0 Å². The van der Waals surface area contributed by atoms with Crippen LogP contribution < -0.4 is 0 Å². The zero-order chi connectivity index (χ0) is 17.3. The lowest BCUT2D eigenvalue weighted by Gasteiger charge is -2.06. The topological polar surface area (TPSA) is 109 Å². The van der Waals surface area contributed by atoms with E-state index in [1.54, 1.807) is 13.0 Å². The Morgan fingerprint density at radius 3 is 2.54 bits per heavy atom. The van der Waals surface area contributed by atoms with E-state index < -0.39 is 23.0 Å². The maximum atomic E-state index is 12.0. The van der Waals surface area contributed by atoms with E-state index in [2.05, 4.69) is 0 Å². The fraction of sp³-hybridized carbons (Fsp3) is 0.250. The van der Waals surface area contributed by atoms with Crippen molar-refractivity contribution in [2.75, 3.05) is 0 Å². The Labute approximate surface area is 136 Å². The molecule has 0 radical (unpaired) electrons. The number of nitrogens with zero attached hydrogens (tertiary/aromatic N) is 1. The van der Waals surface area contributed by atoms with Crippen LogP contribution in [0.2, 0.25) is 0 Å². The standard InChI is InChI=1S/C16H13NO7/c1-9-8-14(16(19)22-9)24-15(18)13-7-6-12(23-13)10-2-4-11(5-3-10)17(20)21/h2-7,9,14H,8H2,1H3. The maximum Gasteiger partial charge on any atom is 0.375 e. The second-order valence-corrected chi connectivity index (χ2v) is 5.35. The van der Waals surface area contributed by atoms with Crippen LogP contribution in [-0.2, 0) is 14.3 Å². The molecular weight excluding hydrogens is 318 g/mol. The molecule has 1 fully saturated rings. The Kier molecular flexibility index (Phi) is 4.03. The molecule has 0 saturated carbocycles. The SMILES string of the molecule is CC1CC(OC(=O)c2ccc(-c3ccc([N+](=O)[O-])cc3)o2)C(=O)O1. The summed E-state index contributed by atoms with van der Waals surface area (Å²) in [6, 6.07) is 8.68. The van der Waals surface area contributed by atoms with Gasteiger partial charge in [-0.25, -0.2) is 9.59 Å². The molecule has 1 aromatic heterocycles. The van der Waals surface area contributed by atoms with E-state index in [-0.39, 0.29) is 17.6 Å². The second-order valence-electron chi connectivity index (χ2n) is 5.35. The molecule has 1 aromatic carbocycles. The Balaban J connectivity index is 1.72. The van der Waals surface area contributed by atoms with Crippen molar-refractivity contribution in [2.45, 2.75) is 25.6 Å². The van der Waals surface area contributed by atoms with Crippen LogP contribution in [0.5, 0.6) is 0 Å². The Hall–Kier alpha value is -3.16. The van der Waals surface area contributed by atoms with Crippen LogP contribution in [0.1, 0.15) is 23.9 Å². The molecule has 24 heavy (non-hydrogen) atoms. The second kappa shape index (κ2) is 6.15. The van der Waals surface area contributed by atoms with E-state index in [0.29, 0.717) is 17.7 Å². The fourth-order valence-electron chi connectivity index (χ4n) is 2.35. The van der Waals surface area contributed by atoms with E-state index in [9.17, 15) is 19.7 Å². The number of rotatable bonds is 4. The van der Waals surface area contributed by atoms with Crippen LogP contribution in [0.25, 0.3) is 11.3 Å². The number of carbonyl (C=O) groups is 2. The molecule has 2 atom stereocenters. The van der Waals surface area contributed by atoms with Gasteiger partial charge in [0.25, 0.3) is 5.69 Å². The molecule has 0 spiro atoms.